The van der Waals surface area contributed by atoms with Crippen molar-refractivity contribution in [2.45, 2.75) is 32.9 Å². The lowest BCUT2D eigenvalue weighted by molar-refractivity contribution is -0.141. The Morgan fingerprint density at radius 1 is 1.26 bits per heavy atom. The number of hydrogen-bond acceptors (Lipinski definition) is 2. The maximum atomic E-state index is 12.8. The van der Waals surface area contributed by atoms with Gasteiger partial charge in [0.1, 0.15) is 16.2 Å². The van der Waals surface area contributed by atoms with Gasteiger partial charge in [0.25, 0.3) is 0 Å². The van der Waals surface area contributed by atoms with E-state index in [1.807, 2.05) is 13.8 Å². The summed E-state index contributed by atoms with van der Waals surface area (Å²) in [5.74, 6) is 0.360. The summed E-state index contributed by atoms with van der Waals surface area (Å²) in [6.07, 6.45) is -4.42. The van der Waals surface area contributed by atoms with Crippen LogP contribution in [0.25, 0.3) is 11.4 Å². The van der Waals surface area contributed by atoms with E-state index in [0.29, 0.717) is 10.2 Å². The molecule has 0 spiro atoms. The zero-order valence-electron chi connectivity index (χ0n) is 10.7. The molecule has 2 aliphatic rings. The molecule has 0 saturated carbocycles. The lowest BCUT2D eigenvalue weighted by Gasteiger charge is -2.16. The van der Waals surface area contributed by atoms with Crippen LogP contribution >= 0.6 is 12.2 Å². The summed E-state index contributed by atoms with van der Waals surface area (Å²) in [4.78, 5) is 6.41. The largest absolute Gasteiger partial charge is 0.431 e. The molecule has 0 saturated heterocycles. The van der Waals surface area contributed by atoms with Crippen molar-refractivity contribution in [3.8, 4) is 11.4 Å². The molecule has 0 unspecified atom stereocenters. The molecule has 0 aromatic heterocycles. The van der Waals surface area contributed by atoms with Gasteiger partial charge in [-0.3, -0.25) is 0 Å². The van der Waals surface area contributed by atoms with Crippen LogP contribution < -0.4 is 0 Å². The first-order chi connectivity index (χ1) is 8.70. The van der Waals surface area contributed by atoms with Gasteiger partial charge in [0, 0.05) is 5.56 Å². The molecule has 0 amide bonds. The summed E-state index contributed by atoms with van der Waals surface area (Å²) in [5, 5.41) is 0. The normalized spacial score (nSPS) is 12.4. The van der Waals surface area contributed by atoms with Crippen molar-refractivity contribution in [2.75, 3.05) is 0 Å². The summed E-state index contributed by atoms with van der Waals surface area (Å²) < 4.78 is 38.7. The monoisotopic (exact) mass is 286 g/mol. The van der Waals surface area contributed by atoms with Crippen LogP contribution in [0.3, 0.4) is 0 Å². The quantitative estimate of drug-likeness (QED) is 0.770. The zero-order valence-corrected chi connectivity index (χ0v) is 11.5. The fourth-order valence-corrected chi connectivity index (χ4v) is 2.35. The van der Waals surface area contributed by atoms with E-state index < -0.39 is 11.9 Å². The number of halogens is 3. The molecule has 0 aliphatic carbocycles. The van der Waals surface area contributed by atoms with Gasteiger partial charge in [0.2, 0.25) is 0 Å². The zero-order chi connectivity index (χ0) is 14.4. The van der Waals surface area contributed by atoms with E-state index in [2.05, 4.69) is 9.97 Å². The van der Waals surface area contributed by atoms with Gasteiger partial charge in [-0.25, -0.2) is 4.98 Å². The number of aryl methyl sites for hydroxylation is 1. The Morgan fingerprint density at radius 2 is 1.89 bits per heavy atom. The molecule has 0 radical (unpaired) electrons. The highest BCUT2D eigenvalue weighted by Gasteiger charge is 2.34. The van der Waals surface area contributed by atoms with Gasteiger partial charge in [-0.05, 0) is 36.1 Å². The predicted molar refractivity (Wildman–Crippen MR) is 69.9 cm³/mol. The van der Waals surface area contributed by atoms with Crippen LogP contribution in [0, 0.1) is 11.6 Å². The number of rotatable bonds is 1. The van der Waals surface area contributed by atoms with Crippen molar-refractivity contribution >= 4 is 12.2 Å². The second-order valence-corrected chi connectivity index (χ2v) is 5.19. The predicted octanol–water partition coefficient (Wildman–Crippen LogP) is 4.69. The molecule has 2 heterocycles. The first-order valence-electron chi connectivity index (χ1n) is 5.82. The maximum absolute atomic E-state index is 12.8. The van der Waals surface area contributed by atoms with Crippen LogP contribution in [-0.4, -0.2) is 9.97 Å². The molecule has 19 heavy (non-hydrogen) atoms. The average molecular weight is 286 g/mol. The average Bonchev–Trinajstić information content (AvgIpc) is 2.26. The Bertz CT molecular complexity index is 644. The third-order valence-corrected chi connectivity index (χ3v) is 3.29. The van der Waals surface area contributed by atoms with Gasteiger partial charge in [0.15, 0.2) is 0 Å². The molecular formula is C13H13F3N2S. The Morgan fingerprint density at radius 3 is 2.42 bits per heavy atom. The highest BCUT2D eigenvalue weighted by molar-refractivity contribution is 7.71. The van der Waals surface area contributed by atoms with Crippen molar-refractivity contribution in [1.82, 2.24) is 9.97 Å². The van der Waals surface area contributed by atoms with Crippen molar-refractivity contribution in [3.05, 3.63) is 33.6 Å². The van der Waals surface area contributed by atoms with Crippen LogP contribution in [0.4, 0.5) is 13.2 Å². The molecule has 102 valence electrons. The number of pyridine rings is 2. The van der Waals surface area contributed by atoms with E-state index in [4.69, 9.17) is 12.2 Å². The molecule has 0 bridgehead atoms. The third kappa shape index (κ3) is 2.63. The van der Waals surface area contributed by atoms with Crippen molar-refractivity contribution in [3.63, 3.8) is 0 Å². The molecule has 1 N–H and O–H groups in total. The topological polar surface area (TPSA) is 28.7 Å². The lowest BCUT2D eigenvalue weighted by atomic mass is 10.0. The number of nitrogens with one attached hydrogen (secondary N) is 1. The lowest BCUT2D eigenvalue weighted by Crippen LogP contribution is -2.12. The van der Waals surface area contributed by atoms with Gasteiger partial charge in [-0.15, -0.1) is 0 Å². The Labute approximate surface area is 114 Å². The summed E-state index contributed by atoms with van der Waals surface area (Å²) in [6, 6.07) is 3.29. The van der Waals surface area contributed by atoms with Gasteiger partial charge in [-0.1, -0.05) is 26.1 Å². The summed E-state index contributed by atoms with van der Waals surface area (Å²) >= 11 is 5.11. The molecule has 2 rings (SSSR count). The number of hydrogen-bond donors (Lipinski definition) is 1. The van der Waals surface area contributed by atoms with E-state index in [0.717, 1.165) is 5.56 Å². The van der Waals surface area contributed by atoms with Gasteiger partial charge in [0.05, 0.1) is 0 Å². The molecule has 0 aromatic rings. The van der Waals surface area contributed by atoms with Gasteiger partial charge in [-0.2, -0.15) is 13.2 Å². The van der Waals surface area contributed by atoms with E-state index in [1.54, 1.807) is 6.07 Å². The highest BCUT2D eigenvalue weighted by Crippen LogP contribution is 2.34. The molecule has 2 aliphatic heterocycles. The maximum Gasteiger partial charge on any atom is 0.431 e. The van der Waals surface area contributed by atoms with E-state index in [1.165, 1.54) is 13.0 Å². The molecule has 0 atom stereocenters. The van der Waals surface area contributed by atoms with E-state index in [9.17, 15) is 13.2 Å². The van der Waals surface area contributed by atoms with Gasteiger partial charge >= 0.3 is 6.18 Å². The van der Waals surface area contributed by atoms with Crippen LogP contribution in [0.5, 0.6) is 0 Å². The molecule has 6 heteroatoms. The van der Waals surface area contributed by atoms with Crippen molar-refractivity contribution in [1.29, 1.82) is 0 Å². The van der Waals surface area contributed by atoms with Crippen LogP contribution in [0.1, 0.15) is 36.6 Å². The van der Waals surface area contributed by atoms with Crippen molar-refractivity contribution < 1.29 is 13.2 Å². The minimum absolute atomic E-state index is 0.147. The number of H-pyrrole nitrogens is 1. The fourth-order valence-electron chi connectivity index (χ4n) is 1.97. The Hall–Kier alpha value is -1.43. The fraction of sp³-hybridized carbons (Fsp3) is 0.385. The summed E-state index contributed by atoms with van der Waals surface area (Å²) in [7, 11) is 0. The number of alkyl halides is 3. The van der Waals surface area contributed by atoms with E-state index >= 15 is 0 Å². The highest BCUT2D eigenvalue weighted by atomic mass is 32.1. The third-order valence-electron chi connectivity index (χ3n) is 2.96. The van der Waals surface area contributed by atoms with Crippen LogP contribution in [0.2, 0.25) is 0 Å². The summed E-state index contributed by atoms with van der Waals surface area (Å²) in [5.41, 5.74) is 0.880. The standard InChI is InChI=1S/C13H13F3N2S/c1-6(2)9-5-8-4-7(3)10(13(14,15)16)17-11(8)18-12(9)19/h4-6H,1-3H3,(H,17,18,19). The van der Waals surface area contributed by atoms with Gasteiger partial charge < -0.3 is 4.98 Å². The number of aromatic amines is 1. The second kappa shape index (κ2) is 4.59. The summed E-state index contributed by atoms with van der Waals surface area (Å²) in [6.45, 7) is 5.37. The second-order valence-electron chi connectivity index (χ2n) is 4.80. The Balaban J connectivity index is 2.74. The SMILES string of the molecule is Cc1cc2cc(C(C)C)c(=S)nc-2[nH]c1C(F)(F)F. The Kier molecular flexibility index (Phi) is 3.38. The molecule has 0 aromatic carbocycles. The smallest absolute Gasteiger partial charge is 0.335 e. The van der Waals surface area contributed by atoms with Crippen LogP contribution in [0.15, 0.2) is 12.1 Å². The van der Waals surface area contributed by atoms with E-state index in [-0.39, 0.29) is 17.3 Å². The first-order valence-corrected chi connectivity index (χ1v) is 6.22. The van der Waals surface area contributed by atoms with Crippen molar-refractivity contribution in [2.24, 2.45) is 0 Å². The number of fused-ring (bicyclic) bond motifs is 1. The minimum atomic E-state index is -4.42. The first kappa shape index (κ1) is 14.0. The molecule has 2 nitrogen and oxygen atoms in total. The van der Waals surface area contributed by atoms with Crippen LogP contribution in [-0.2, 0) is 6.18 Å². The molecular weight excluding hydrogens is 273 g/mol. The number of nitrogens with zero attached hydrogens (tertiary/aromatic N) is 1. The minimum Gasteiger partial charge on any atom is -0.335 e. The number of aromatic nitrogens is 2. The molecule has 0 fully saturated rings.